The van der Waals surface area contributed by atoms with E-state index in [1.54, 1.807) is 30.3 Å². The molecule has 3 rings (SSSR count). The average molecular weight is 433 g/mol. The number of para-hydroxylation sites is 1. The predicted molar refractivity (Wildman–Crippen MR) is 111 cm³/mol. The van der Waals surface area contributed by atoms with Crippen LogP contribution in [0.4, 0.5) is 5.69 Å². The van der Waals surface area contributed by atoms with Crippen LogP contribution in [0, 0.1) is 0 Å². The van der Waals surface area contributed by atoms with Gasteiger partial charge in [0.05, 0.1) is 26.2 Å². The van der Waals surface area contributed by atoms with Gasteiger partial charge in [-0.05, 0) is 48.7 Å². The molecular weight excluding hydrogens is 410 g/mol. The van der Waals surface area contributed by atoms with Crippen LogP contribution in [-0.2, 0) is 21.2 Å². The number of anilines is 1. The molecule has 0 bridgehead atoms. The quantitative estimate of drug-likeness (QED) is 0.488. The summed E-state index contributed by atoms with van der Waals surface area (Å²) in [5.74, 6) is -0.486. The summed E-state index contributed by atoms with van der Waals surface area (Å²) in [6.45, 7) is -0.0348. The third-order valence-electron chi connectivity index (χ3n) is 4.84. The molecule has 2 aromatic rings. The Morgan fingerprint density at radius 1 is 1.10 bits per heavy atom. The topological polar surface area (TPSA) is 99.2 Å². The SMILES string of the molecule is COc1cccc(C(=O)OCC(=O)c2ccc3c(c2)CCCN3S(C)(=O)=O)c1OC. The normalized spacial score (nSPS) is 13.4. The van der Waals surface area contributed by atoms with E-state index in [-0.39, 0.29) is 17.1 Å². The minimum Gasteiger partial charge on any atom is -0.493 e. The van der Waals surface area contributed by atoms with E-state index in [1.165, 1.54) is 24.6 Å². The summed E-state index contributed by atoms with van der Waals surface area (Å²) in [7, 11) is -0.515. The van der Waals surface area contributed by atoms with Crippen molar-refractivity contribution in [2.24, 2.45) is 0 Å². The number of hydrogen-bond acceptors (Lipinski definition) is 7. The maximum Gasteiger partial charge on any atom is 0.342 e. The molecule has 8 nitrogen and oxygen atoms in total. The Bertz CT molecular complexity index is 1080. The highest BCUT2D eigenvalue weighted by Gasteiger charge is 2.25. The van der Waals surface area contributed by atoms with Crippen molar-refractivity contribution < 1.29 is 32.2 Å². The maximum atomic E-state index is 12.6. The van der Waals surface area contributed by atoms with E-state index >= 15 is 0 Å². The van der Waals surface area contributed by atoms with E-state index in [4.69, 9.17) is 14.2 Å². The lowest BCUT2D eigenvalue weighted by Crippen LogP contribution is -2.34. The van der Waals surface area contributed by atoms with E-state index in [1.807, 2.05) is 0 Å². The fraction of sp³-hybridized carbons (Fsp3) is 0.333. The molecule has 0 atom stereocenters. The lowest BCUT2D eigenvalue weighted by Gasteiger charge is -2.29. The van der Waals surface area contributed by atoms with Gasteiger partial charge in [0, 0.05) is 12.1 Å². The Hall–Kier alpha value is -3.07. The first-order valence-corrected chi connectivity index (χ1v) is 11.1. The summed E-state index contributed by atoms with van der Waals surface area (Å²) in [6.07, 6.45) is 2.50. The Labute approximate surface area is 175 Å². The minimum atomic E-state index is -3.38. The molecule has 160 valence electrons. The molecule has 0 saturated carbocycles. The van der Waals surface area contributed by atoms with Gasteiger partial charge in [-0.1, -0.05) is 6.07 Å². The highest BCUT2D eigenvalue weighted by Crippen LogP contribution is 2.32. The van der Waals surface area contributed by atoms with Crippen molar-refractivity contribution >= 4 is 27.5 Å². The van der Waals surface area contributed by atoms with Crippen molar-refractivity contribution in [2.45, 2.75) is 12.8 Å². The molecule has 0 radical (unpaired) electrons. The zero-order valence-electron chi connectivity index (χ0n) is 17.0. The van der Waals surface area contributed by atoms with Gasteiger partial charge in [0.15, 0.2) is 23.9 Å². The van der Waals surface area contributed by atoms with Gasteiger partial charge in [0.25, 0.3) is 0 Å². The number of rotatable bonds is 7. The van der Waals surface area contributed by atoms with Crippen LogP contribution in [0.2, 0.25) is 0 Å². The molecule has 0 aliphatic carbocycles. The second-order valence-electron chi connectivity index (χ2n) is 6.82. The van der Waals surface area contributed by atoms with Crippen LogP contribution in [0.25, 0.3) is 0 Å². The first-order chi connectivity index (χ1) is 14.3. The number of aryl methyl sites for hydroxylation is 1. The minimum absolute atomic E-state index is 0.152. The molecule has 30 heavy (non-hydrogen) atoms. The van der Waals surface area contributed by atoms with Crippen LogP contribution in [0.1, 0.15) is 32.7 Å². The van der Waals surface area contributed by atoms with Gasteiger partial charge in [-0.15, -0.1) is 0 Å². The van der Waals surface area contributed by atoms with E-state index in [0.717, 1.165) is 11.8 Å². The van der Waals surface area contributed by atoms with Crippen molar-refractivity contribution in [3.63, 3.8) is 0 Å². The molecule has 1 aliphatic rings. The van der Waals surface area contributed by atoms with Crippen LogP contribution in [0.5, 0.6) is 11.5 Å². The Morgan fingerprint density at radius 2 is 1.87 bits per heavy atom. The zero-order chi connectivity index (χ0) is 21.9. The van der Waals surface area contributed by atoms with Crippen LogP contribution in [-0.4, -0.2) is 53.8 Å². The van der Waals surface area contributed by atoms with Crippen molar-refractivity contribution in [2.75, 3.05) is 37.9 Å². The first kappa shape index (κ1) is 21.6. The predicted octanol–water partition coefficient (Wildman–Crippen LogP) is 2.46. The third kappa shape index (κ3) is 4.40. The Morgan fingerprint density at radius 3 is 2.53 bits per heavy atom. The fourth-order valence-electron chi connectivity index (χ4n) is 3.42. The lowest BCUT2D eigenvalue weighted by molar-refractivity contribution is 0.0471. The van der Waals surface area contributed by atoms with Gasteiger partial charge >= 0.3 is 5.97 Å². The van der Waals surface area contributed by atoms with E-state index in [9.17, 15) is 18.0 Å². The van der Waals surface area contributed by atoms with Crippen molar-refractivity contribution in [1.29, 1.82) is 0 Å². The van der Waals surface area contributed by atoms with Crippen LogP contribution < -0.4 is 13.8 Å². The molecule has 0 amide bonds. The molecule has 1 heterocycles. The van der Waals surface area contributed by atoms with E-state index in [2.05, 4.69) is 0 Å². The Kier molecular flexibility index (Phi) is 6.31. The number of hydrogen-bond donors (Lipinski definition) is 0. The number of nitrogens with zero attached hydrogens (tertiary/aromatic N) is 1. The molecule has 0 unspecified atom stereocenters. The van der Waals surface area contributed by atoms with Crippen LogP contribution in [0.3, 0.4) is 0 Å². The second-order valence-corrected chi connectivity index (χ2v) is 8.73. The van der Waals surface area contributed by atoms with E-state index < -0.39 is 22.6 Å². The van der Waals surface area contributed by atoms with Crippen LogP contribution >= 0.6 is 0 Å². The summed E-state index contributed by atoms with van der Waals surface area (Å²) in [5.41, 5.74) is 1.87. The zero-order valence-corrected chi connectivity index (χ0v) is 17.8. The Balaban J connectivity index is 1.74. The highest BCUT2D eigenvalue weighted by atomic mass is 32.2. The molecule has 9 heteroatoms. The number of Topliss-reactive ketones (excluding diaryl/α,β-unsaturated/α-hetero) is 1. The smallest absolute Gasteiger partial charge is 0.342 e. The van der Waals surface area contributed by atoms with Crippen molar-refractivity contribution in [1.82, 2.24) is 0 Å². The van der Waals surface area contributed by atoms with Gasteiger partial charge in [0.2, 0.25) is 10.0 Å². The lowest BCUT2D eigenvalue weighted by atomic mass is 9.99. The van der Waals surface area contributed by atoms with Crippen LogP contribution in [0.15, 0.2) is 36.4 Å². The number of benzene rings is 2. The van der Waals surface area contributed by atoms with Crippen molar-refractivity contribution in [3.8, 4) is 11.5 Å². The number of ether oxygens (including phenoxy) is 3. The standard InChI is InChI=1S/C21H23NO7S/c1-27-19-8-4-7-16(20(19)28-2)21(24)29-13-18(23)15-9-10-17-14(12-15)6-5-11-22(17)30(3,25)26/h4,7-10,12H,5-6,11,13H2,1-3H3. The molecule has 0 aromatic heterocycles. The molecule has 0 spiro atoms. The molecule has 0 saturated heterocycles. The third-order valence-corrected chi connectivity index (χ3v) is 6.01. The molecule has 1 aliphatic heterocycles. The van der Waals surface area contributed by atoms with Gasteiger partial charge in [-0.2, -0.15) is 0 Å². The fourth-order valence-corrected chi connectivity index (χ4v) is 4.42. The average Bonchev–Trinajstić information content (AvgIpc) is 2.74. The van der Waals surface area contributed by atoms with E-state index in [0.29, 0.717) is 36.4 Å². The van der Waals surface area contributed by atoms with Gasteiger partial charge in [-0.25, -0.2) is 13.2 Å². The monoisotopic (exact) mass is 433 g/mol. The largest absolute Gasteiger partial charge is 0.493 e. The number of carbonyl (C=O) groups is 2. The molecule has 2 aromatic carbocycles. The summed E-state index contributed by atoms with van der Waals surface area (Å²) < 4.78 is 40.8. The van der Waals surface area contributed by atoms with Gasteiger partial charge < -0.3 is 14.2 Å². The summed E-state index contributed by atoms with van der Waals surface area (Å²) in [4.78, 5) is 25.0. The highest BCUT2D eigenvalue weighted by molar-refractivity contribution is 7.92. The number of methoxy groups -OCH3 is 2. The molecular formula is C21H23NO7S. The van der Waals surface area contributed by atoms with Gasteiger partial charge in [0.1, 0.15) is 5.56 Å². The molecule has 0 fully saturated rings. The summed E-state index contributed by atoms with van der Waals surface area (Å²) in [5, 5.41) is 0. The first-order valence-electron chi connectivity index (χ1n) is 9.28. The number of sulfonamides is 1. The number of ketones is 1. The second kappa shape index (κ2) is 8.74. The number of carbonyl (C=O) groups excluding carboxylic acids is 2. The van der Waals surface area contributed by atoms with Gasteiger partial charge in [-0.3, -0.25) is 9.10 Å². The maximum absolute atomic E-state index is 12.6. The van der Waals surface area contributed by atoms with Crippen molar-refractivity contribution in [3.05, 3.63) is 53.1 Å². The molecule has 0 N–H and O–H groups in total. The number of esters is 1. The summed E-state index contributed by atoms with van der Waals surface area (Å²) >= 11 is 0. The summed E-state index contributed by atoms with van der Waals surface area (Å²) in [6, 6.07) is 9.62. The number of fused-ring (bicyclic) bond motifs is 1.